The summed E-state index contributed by atoms with van der Waals surface area (Å²) in [6.07, 6.45) is 2.91. The molecule has 3 rings (SSSR count). The van der Waals surface area contributed by atoms with Crippen LogP contribution in [0.2, 0.25) is 0 Å². The maximum atomic E-state index is 12.6. The van der Waals surface area contributed by atoms with Crippen molar-refractivity contribution in [3.63, 3.8) is 0 Å². The van der Waals surface area contributed by atoms with Crippen LogP contribution >= 0.6 is 0 Å². The average molecular weight is 302 g/mol. The van der Waals surface area contributed by atoms with E-state index < -0.39 is 11.4 Å². The first-order valence-corrected chi connectivity index (χ1v) is 7.87. The fourth-order valence-electron chi connectivity index (χ4n) is 3.30. The molecule has 5 heteroatoms. The summed E-state index contributed by atoms with van der Waals surface area (Å²) in [5.41, 5.74) is 0.921. The van der Waals surface area contributed by atoms with Gasteiger partial charge in [-0.3, -0.25) is 9.59 Å². The lowest BCUT2D eigenvalue weighted by Crippen LogP contribution is -2.35. The van der Waals surface area contributed by atoms with Crippen LogP contribution in [0.4, 0.5) is 5.69 Å². The highest BCUT2D eigenvalue weighted by atomic mass is 16.4. The third-order valence-electron chi connectivity index (χ3n) is 4.84. The molecule has 0 saturated carbocycles. The van der Waals surface area contributed by atoms with Crippen molar-refractivity contribution in [1.29, 1.82) is 0 Å². The van der Waals surface area contributed by atoms with Crippen molar-refractivity contribution in [2.24, 2.45) is 5.41 Å². The monoisotopic (exact) mass is 302 g/mol. The molecule has 0 radical (unpaired) electrons. The highest BCUT2D eigenvalue weighted by Gasteiger charge is 2.42. The van der Waals surface area contributed by atoms with Gasteiger partial charge in [0.2, 0.25) is 0 Å². The van der Waals surface area contributed by atoms with Crippen LogP contribution in [0, 0.1) is 5.41 Å². The fourth-order valence-corrected chi connectivity index (χ4v) is 3.30. The number of benzene rings is 1. The maximum Gasteiger partial charge on any atom is 0.311 e. The van der Waals surface area contributed by atoms with E-state index in [0.29, 0.717) is 18.5 Å². The van der Waals surface area contributed by atoms with E-state index in [2.05, 4.69) is 4.90 Å². The van der Waals surface area contributed by atoms with Gasteiger partial charge in [0, 0.05) is 37.4 Å². The van der Waals surface area contributed by atoms with Gasteiger partial charge < -0.3 is 14.9 Å². The third-order valence-corrected chi connectivity index (χ3v) is 4.84. The molecular formula is C17H22N2O3. The Kier molecular flexibility index (Phi) is 3.81. The van der Waals surface area contributed by atoms with Gasteiger partial charge in [-0.1, -0.05) is 6.07 Å². The first kappa shape index (κ1) is 14.9. The van der Waals surface area contributed by atoms with E-state index in [1.54, 1.807) is 11.8 Å². The fraction of sp³-hybridized carbons (Fsp3) is 0.529. The molecule has 5 nitrogen and oxygen atoms in total. The zero-order valence-corrected chi connectivity index (χ0v) is 12.9. The Hall–Kier alpha value is -2.04. The number of carbonyl (C=O) groups excluding carboxylic acids is 1. The van der Waals surface area contributed by atoms with Gasteiger partial charge >= 0.3 is 5.97 Å². The zero-order valence-electron chi connectivity index (χ0n) is 12.9. The molecule has 0 aromatic heterocycles. The predicted octanol–water partition coefficient (Wildman–Crippen LogP) is 2.22. The first-order chi connectivity index (χ1) is 10.5. The lowest BCUT2D eigenvalue weighted by molar-refractivity contribution is -0.147. The van der Waals surface area contributed by atoms with Crippen LogP contribution in [0.5, 0.6) is 0 Å². The summed E-state index contributed by atoms with van der Waals surface area (Å²) in [5, 5.41) is 9.29. The molecule has 0 spiro atoms. The highest BCUT2D eigenvalue weighted by Crippen LogP contribution is 2.31. The van der Waals surface area contributed by atoms with E-state index in [1.807, 2.05) is 24.3 Å². The quantitative estimate of drug-likeness (QED) is 0.930. The number of nitrogens with zero attached hydrogens (tertiary/aromatic N) is 2. The summed E-state index contributed by atoms with van der Waals surface area (Å²) in [5.74, 6) is -0.889. The third kappa shape index (κ3) is 2.67. The van der Waals surface area contributed by atoms with Crippen LogP contribution in [0.3, 0.4) is 0 Å². The normalized spacial score (nSPS) is 24.8. The summed E-state index contributed by atoms with van der Waals surface area (Å²) >= 11 is 0. The number of hydrogen-bond acceptors (Lipinski definition) is 3. The SMILES string of the molecule is CC1(C(=O)O)CCN(C(=O)c2cccc(N3CCCC3)c2)C1. The topological polar surface area (TPSA) is 60.9 Å². The molecule has 2 fully saturated rings. The number of amides is 1. The Morgan fingerprint density at radius 2 is 1.91 bits per heavy atom. The summed E-state index contributed by atoms with van der Waals surface area (Å²) in [6, 6.07) is 7.70. The van der Waals surface area contributed by atoms with E-state index in [9.17, 15) is 14.7 Å². The molecule has 1 aromatic rings. The minimum atomic E-state index is -0.825. The molecule has 0 aliphatic carbocycles. The van der Waals surface area contributed by atoms with Gasteiger partial charge in [0.25, 0.3) is 5.91 Å². The number of carbonyl (C=O) groups is 2. The molecule has 1 aromatic carbocycles. The second-order valence-corrected chi connectivity index (χ2v) is 6.59. The average Bonchev–Trinajstić information content (AvgIpc) is 3.17. The van der Waals surface area contributed by atoms with Gasteiger partial charge in [-0.25, -0.2) is 0 Å². The molecule has 2 aliphatic rings. The molecular weight excluding hydrogens is 280 g/mol. The standard InChI is InChI=1S/C17H22N2O3/c1-17(16(21)22)7-10-19(12-17)15(20)13-5-4-6-14(11-13)18-8-2-3-9-18/h4-6,11H,2-3,7-10,12H2,1H3,(H,21,22). The van der Waals surface area contributed by atoms with E-state index in [-0.39, 0.29) is 12.5 Å². The number of likely N-dealkylation sites (tertiary alicyclic amines) is 1. The molecule has 1 unspecified atom stereocenters. The number of aliphatic carboxylic acids is 1. The van der Waals surface area contributed by atoms with Gasteiger partial charge in [0.1, 0.15) is 0 Å². The number of carboxylic acids is 1. The Bertz CT molecular complexity index is 595. The van der Waals surface area contributed by atoms with E-state index in [0.717, 1.165) is 18.8 Å². The molecule has 1 amide bonds. The molecule has 2 saturated heterocycles. The van der Waals surface area contributed by atoms with Gasteiger partial charge in [-0.05, 0) is 44.4 Å². The summed E-state index contributed by atoms with van der Waals surface area (Å²) in [4.78, 5) is 27.9. The first-order valence-electron chi connectivity index (χ1n) is 7.87. The van der Waals surface area contributed by atoms with E-state index in [4.69, 9.17) is 0 Å². The summed E-state index contributed by atoms with van der Waals surface area (Å²) < 4.78 is 0. The lowest BCUT2D eigenvalue weighted by Gasteiger charge is -2.22. The van der Waals surface area contributed by atoms with Crippen molar-refractivity contribution in [2.75, 3.05) is 31.1 Å². The number of rotatable bonds is 3. The number of carboxylic acid groups (broad SMARTS) is 1. The van der Waals surface area contributed by atoms with Crippen molar-refractivity contribution in [2.45, 2.75) is 26.2 Å². The summed E-state index contributed by atoms with van der Waals surface area (Å²) in [7, 11) is 0. The Balaban J connectivity index is 1.75. The molecule has 1 atom stereocenters. The largest absolute Gasteiger partial charge is 0.481 e. The van der Waals surface area contributed by atoms with Crippen LogP contribution in [-0.2, 0) is 4.79 Å². The van der Waals surface area contributed by atoms with Gasteiger partial charge in [-0.15, -0.1) is 0 Å². The van der Waals surface area contributed by atoms with Crippen LogP contribution in [0.25, 0.3) is 0 Å². The minimum absolute atomic E-state index is 0.0639. The second-order valence-electron chi connectivity index (χ2n) is 6.59. The minimum Gasteiger partial charge on any atom is -0.481 e. The van der Waals surface area contributed by atoms with Gasteiger partial charge in [-0.2, -0.15) is 0 Å². The molecule has 2 aliphatic heterocycles. The Morgan fingerprint density at radius 1 is 1.18 bits per heavy atom. The molecule has 22 heavy (non-hydrogen) atoms. The van der Waals surface area contributed by atoms with E-state index >= 15 is 0 Å². The molecule has 2 heterocycles. The van der Waals surface area contributed by atoms with Crippen molar-refractivity contribution in [3.05, 3.63) is 29.8 Å². The van der Waals surface area contributed by atoms with Crippen LogP contribution in [0.15, 0.2) is 24.3 Å². The van der Waals surface area contributed by atoms with Gasteiger partial charge in [0.05, 0.1) is 5.41 Å². The lowest BCUT2D eigenvalue weighted by atomic mass is 9.90. The number of hydrogen-bond donors (Lipinski definition) is 1. The molecule has 118 valence electrons. The Labute approximate surface area is 130 Å². The zero-order chi connectivity index (χ0) is 15.7. The second kappa shape index (κ2) is 5.63. The number of anilines is 1. The smallest absolute Gasteiger partial charge is 0.311 e. The maximum absolute atomic E-state index is 12.6. The van der Waals surface area contributed by atoms with Crippen molar-refractivity contribution < 1.29 is 14.7 Å². The molecule has 1 N–H and O–H groups in total. The Morgan fingerprint density at radius 3 is 2.55 bits per heavy atom. The van der Waals surface area contributed by atoms with Crippen molar-refractivity contribution >= 4 is 17.6 Å². The van der Waals surface area contributed by atoms with E-state index in [1.165, 1.54) is 12.8 Å². The predicted molar refractivity (Wildman–Crippen MR) is 84.2 cm³/mol. The van der Waals surface area contributed by atoms with Crippen molar-refractivity contribution in [3.8, 4) is 0 Å². The van der Waals surface area contributed by atoms with Crippen LogP contribution in [-0.4, -0.2) is 48.1 Å². The van der Waals surface area contributed by atoms with Crippen LogP contribution in [0.1, 0.15) is 36.5 Å². The van der Waals surface area contributed by atoms with Gasteiger partial charge in [0.15, 0.2) is 0 Å². The van der Waals surface area contributed by atoms with Crippen LogP contribution < -0.4 is 4.90 Å². The highest BCUT2D eigenvalue weighted by molar-refractivity contribution is 5.96. The van der Waals surface area contributed by atoms with Crippen molar-refractivity contribution in [1.82, 2.24) is 4.90 Å². The summed E-state index contributed by atoms with van der Waals surface area (Å²) in [6.45, 7) is 4.59. The molecule has 0 bridgehead atoms.